The number of fused-ring (bicyclic) bond motifs is 1. The van der Waals surface area contributed by atoms with Gasteiger partial charge in [0.1, 0.15) is 5.57 Å². The van der Waals surface area contributed by atoms with Crippen molar-refractivity contribution in [3.63, 3.8) is 0 Å². The molecule has 0 radical (unpaired) electrons. The molecule has 0 spiro atoms. The standard InChI is InChI=1S/C13H10ClNO5/c1-2-20-13(17)11-10(16)5-7-3-4-8(15(18)19)6-9(7)12(11)14/h3-4,6H,2,5H2,1H3. The molecule has 1 aromatic rings. The molecule has 0 unspecified atom stereocenters. The molecule has 0 aromatic heterocycles. The number of carbonyl (C=O) groups excluding carboxylic acids is 2. The fourth-order valence-electron chi connectivity index (χ4n) is 1.96. The summed E-state index contributed by atoms with van der Waals surface area (Å²) in [6.07, 6.45) is -0.0301. The van der Waals surface area contributed by atoms with Crippen LogP contribution in [0.1, 0.15) is 18.1 Å². The molecule has 104 valence electrons. The largest absolute Gasteiger partial charge is 0.462 e. The SMILES string of the molecule is CCOC(=O)C1=C(Cl)c2cc([N+](=O)[O-])ccc2CC1=O. The summed E-state index contributed by atoms with van der Waals surface area (Å²) in [6.45, 7) is 1.72. The molecule has 0 atom stereocenters. The van der Waals surface area contributed by atoms with Gasteiger partial charge in [-0.05, 0) is 12.5 Å². The van der Waals surface area contributed by atoms with Crippen LogP contribution in [0.15, 0.2) is 23.8 Å². The molecule has 1 aliphatic carbocycles. The van der Waals surface area contributed by atoms with Crippen LogP contribution in [0.3, 0.4) is 0 Å². The number of benzene rings is 1. The predicted octanol–water partition coefficient (Wildman–Crippen LogP) is 2.23. The van der Waals surface area contributed by atoms with E-state index in [9.17, 15) is 19.7 Å². The number of ketones is 1. The minimum Gasteiger partial charge on any atom is -0.462 e. The number of nitrogens with zero attached hydrogens (tertiary/aromatic N) is 1. The number of halogens is 1. The third-order valence-corrected chi connectivity index (χ3v) is 3.26. The Bertz CT molecular complexity index is 650. The fourth-order valence-corrected chi connectivity index (χ4v) is 2.32. The van der Waals surface area contributed by atoms with Crippen LogP contribution in [0.5, 0.6) is 0 Å². The molecule has 0 amide bonds. The Morgan fingerprint density at radius 3 is 2.80 bits per heavy atom. The van der Waals surface area contributed by atoms with Gasteiger partial charge in [0.25, 0.3) is 5.69 Å². The average Bonchev–Trinajstić information content (AvgIpc) is 2.38. The topological polar surface area (TPSA) is 86.5 Å². The lowest BCUT2D eigenvalue weighted by Crippen LogP contribution is -2.22. The molecule has 0 N–H and O–H groups in total. The molecule has 20 heavy (non-hydrogen) atoms. The first kappa shape index (κ1) is 14.2. The van der Waals surface area contributed by atoms with Crippen molar-refractivity contribution < 1.29 is 19.2 Å². The Hall–Kier alpha value is -2.21. The van der Waals surface area contributed by atoms with Crippen LogP contribution in [-0.2, 0) is 20.7 Å². The quantitative estimate of drug-likeness (QED) is 0.369. The Morgan fingerprint density at radius 2 is 2.20 bits per heavy atom. The number of hydrogen-bond acceptors (Lipinski definition) is 5. The maximum absolute atomic E-state index is 11.9. The summed E-state index contributed by atoms with van der Waals surface area (Å²) in [6, 6.07) is 4.02. The van der Waals surface area contributed by atoms with Crippen molar-refractivity contribution in [2.75, 3.05) is 6.61 Å². The fraction of sp³-hybridized carbons (Fsp3) is 0.231. The first-order valence-electron chi connectivity index (χ1n) is 5.83. The summed E-state index contributed by atoms with van der Waals surface area (Å²) < 4.78 is 4.78. The van der Waals surface area contributed by atoms with Crippen LogP contribution in [0.4, 0.5) is 5.69 Å². The number of Topliss-reactive ketones (excluding diaryl/α,β-unsaturated/α-hetero) is 1. The Balaban J connectivity index is 2.57. The van der Waals surface area contributed by atoms with Gasteiger partial charge >= 0.3 is 5.97 Å². The summed E-state index contributed by atoms with van der Waals surface area (Å²) in [5.41, 5.74) is 0.475. The Labute approximate surface area is 119 Å². The van der Waals surface area contributed by atoms with Gasteiger partial charge in [-0.2, -0.15) is 0 Å². The normalized spacial score (nSPS) is 14.0. The molecule has 1 aromatic carbocycles. The van der Waals surface area contributed by atoms with Crippen molar-refractivity contribution in [3.05, 3.63) is 45.0 Å². The zero-order valence-electron chi connectivity index (χ0n) is 10.5. The summed E-state index contributed by atoms with van der Waals surface area (Å²) in [5, 5.41) is 10.7. The molecule has 0 bridgehead atoms. The minimum absolute atomic E-state index is 0.0301. The van der Waals surface area contributed by atoms with Crippen molar-refractivity contribution in [1.29, 1.82) is 0 Å². The van der Waals surface area contributed by atoms with E-state index in [1.807, 2.05) is 0 Å². The highest BCUT2D eigenvalue weighted by molar-refractivity contribution is 6.54. The molecule has 0 heterocycles. The number of nitro benzene ring substituents is 1. The number of ether oxygens (including phenoxy) is 1. The van der Waals surface area contributed by atoms with E-state index in [0.29, 0.717) is 11.1 Å². The number of esters is 1. The van der Waals surface area contributed by atoms with Crippen molar-refractivity contribution in [1.82, 2.24) is 0 Å². The van der Waals surface area contributed by atoms with E-state index < -0.39 is 16.7 Å². The lowest BCUT2D eigenvalue weighted by molar-refractivity contribution is -0.384. The van der Waals surface area contributed by atoms with Crippen LogP contribution in [0, 0.1) is 10.1 Å². The van der Waals surface area contributed by atoms with Gasteiger partial charge in [-0.3, -0.25) is 14.9 Å². The van der Waals surface area contributed by atoms with E-state index in [0.717, 1.165) is 0 Å². The maximum atomic E-state index is 11.9. The van der Waals surface area contributed by atoms with E-state index in [2.05, 4.69) is 0 Å². The van der Waals surface area contributed by atoms with Gasteiger partial charge in [-0.25, -0.2) is 4.79 Å². The number of non-ortho nitro benzene ring substituents is 1. The summed E-state index contributed by atoms with van der Waals surface area (Å²) >= 11 is 6.05. The summed E-state index contributed by atoms with van der Waals surface area (Å²) in [5.74, 6) is -1.26. The first-order chi connectivity index (χ1) is 9.45. The summed E-state index contributed by atoms with van der Waals surface area (Å²) in [4.78, 5) is 33.9. The van der Waals surface area contributed by atoms with Gasteiger partial charge in [0, 0.05) is 24.1 Å². The van der Waals surface area contributed by atoms with Crippen molar-refractivity contribution in [3.8, 4) is 0 Å². The third-order valence-electron chi connectivity index (χ3n) is 2.87. The van der Waals surface area contributed by atoms with Crippen molar-refractivity contribution >= 4 is 34.1 Å². The molecule has 0 saturated heterocycles. The smallest absolute Gasteiger partial charge is 0.343 e. The molecule has 0 fully saturated rings. The first-order valence-corrected chi connectivity index (χ1v) is 6.21. The molecule has 7 heteroatoms. The van der Waals surface area contributed by atoms with Gasteiger partial charge in [-0.1, -0.05) is 17.7 Å². The van der Waals surface area contributed by atoms with Gasteiger partial charge in [0.2, 0.25) is 0 Å². The number of carbonyl (C=O) groups is 2. The lowest BCUT2D eigenvalue weighted by atomic mass is 9.90. The van der Waals surface area contributed by atoms with E-state index in [1.54, 1.807) is 6.92 Å². The molecule has 1 aliphatic rings. The van der Waals surface area contributed by atoms with E-state index >= 15 is 0 Å². The van der Waals surface area contributed by atoms with Crippen LogP contribution in [0.25, 0.3) is 5.03 Å². The molecular weight excluding hydrogens is 286 g/mol. The highest BCUT2D eigenvalue weighted by Crippen LogP contribution is 2.35. The monoisotopic (exact) mass is 295 g/mol. The molecule has 2 rings (SSSR count). The van der Waals surface area contributed by atoms with E-state index in [4.69, 9.17) is 16.3 Å². The zero-order valence-corrected chi connectivity index (χ0v) is 11.3. The van der Waals surface area contributed by atoms with E-state index in [1.165, 1.54) is 18.2 Å². The second-order valence-electron chi connectivity index (χ2n) is 4.11. The highest BCUT2D eigenvalue weighted by Gasteiger charge is 2.31. The average molecular weight is 296 g/mol. The van der Waals surface area contributed by atoms with Gasteiger partial charge in [-0.15, -0.1) is 0 Å². The molecule has 6 nitrogen and oxygen atoms in total. The Kier molecular flexibility index (Phi) is 3.85. The maximum Gasteiger partial charge on any atom is 0.343 e. The van der Waals surface area contributed by atoms with Crippen molar-refractivity contribution in [2.24, 2.45) is 0 Å². The number of rotatable bonds is 3. The number of hydrogen-bond donors (Lipinski definition) is 0. The summed E-state index contributed by atoms with van der Waals surface area (Å²) in [7, 11) is 0. The van der Waals surface area contributed by atoms with E-state index in [-0.39, 0.29) is 29.3 Å². The lowest BCUT2D eigenvalue weighted by Gasteiger charge is -2.17. The van der Waals surface area contributed by atoms with Gasteiger partial charge in [0.15, 0.2) is 5.78 Å². The molecule has 0 aliphatic heterocycles. The number of nitro groups is 1. The highest BCUT2D eigenvalue weighted by atomic mass is 35.5. The van der Waals surface area contributed by atoms with Crippen LogP contribution in [0.2, 0.25) is 0 Å². The van der Waals surface area contributed by atoms with Gasteiger partial charge < -0.3 is 4.74 Å². The second-order valence-corrected chi connectivity index (χ2v) is 4.49. The van der Waals surface area contributed by atoms with Crippen LogP contribution >= 0.6 is 11.6 Å². The predicted molar refractivity (Wildman–Crippen MR) is 71.2 cm³/mol. The van der Waals surface area contributed by atoms with Crippen LogP contribution in [-0.4, -0.2) is 23.3 Å². The minimum atomic E-state index is -0.806. The zero-order chi connectivity index (χ0) is 14.9. The van der Waals surface area contributed by atoms with Crippen LogP contribution < -0.4 is 0 Å². The second kappa shape index (κ2) is 5.42. The van der Waals surface area contributed by atoms with Gasteiger partial charge in [0.05, 0.1) is 16.6 Å². The third kappa shape index (κ3) is 2.42. The Morgan fingerprint density at radius 1 is 1.50 bits per heavy atom. The van der Waals surface area contributed by atoms with Crippen molar-refractivity contribution in [2.45, 2.75) is 13.3 Å². The molecular formula is C13H10ClNO5. The molecule has 0 saturated carbocycles.